The summed E-state index contributed by atoms with van der Waals surface area (Å²) >= 11 is 12.5. The van der Waals surface area contributed by atoms with E-state index in [0.717, 1.165) is 24.1 Å². The van der Waals surface area contributed by atoms with Crippen LogP contribution in [0.15, 0.2) is 73.3 Å². The monoisotopic (exact) mass is 579 g/mol. The van der Waals surface area contributed by atoms with Gasteiger partial charge in [0.05, 0.1) is 36.4 Å². The molecule has 0 spiro atoms. The van der Waals surface area contributed by atoms with Gasteiger partial charge < -0.3 is 14.8 Å². The van der Waals surface area contributed by atoms with Gasteiger partial charge in [-0.25, -0.2) is 4.98 Å². The lowest BCUT2D eigenvalue weighted by Gasteiger charge is -2.32. The highest BCUT2D eigenvalue weighted by Gasteiger charge is 2.32. The summed E-state index contributed by atoms with van der Waals surface area (Å²) in [5.41, 5.74) is 2.82. The van der Waals surface area contributed by atoms with Crippen molar-refractivity contribution < 1.29 is 19.1 Å². The van der Waals surface area contributed by atoms with Crippen LogP contribution in [0.5, 0.6) is 5.75 Å². The minimum absolute atomic E-state index is 0.294. The molecule has 5 rings (SSSR count). The number of hydrogen-bond donors (Lipinski definition) is 1. The van der Waals surface area contributed by atoms with Crippen molar-refractivity contribution in [2.75, 3.05) is 23.9 Å². The second-order valence-electron chi connectivity index (χ2n) is 9.17. The molecule has 0 saturated heterocycles. The van der Waals surface area contributed by atoms with E-state index in [4.69, 9.17) is 32.7 Å². The lowest BCUT2D eigenvalue weighted by atomic mass is 10.1. The number of amides is 2. The van der Waals surface area contributed by atoms with E-state index >= 15 is 0 Å². The number of carbonyl (C=O) groups excluding carboxylic acids is 2. The molecule has 2 amide bonds. The highest BCUT2D eigenvalue weighted by molar-refractivity contribution is 6.34. The fourth-order valence-corrected chi connectivity index (χ4v) is 5.10. The third kappa shape index (κ3) is 6.12. The van der Waals surface area contributed by atoms with Gasteiger partial charge in [0.15, 0.2) is 0 Å². The molecule has 9 nitrogen and oxygen atoms in total. The molecule has 11 heteroatoms. The number of aromatic nitrogens is 3. The van der Waals surface area contributed by atoms with Crippen LogP contribution in [0.2, 0.25) is 10.0 Å². The molecule has 1 aromatic heterocycles. The second-order valence-corrected chi connectivity index (χ2v) is 10.0. The molecule has 0 radical (unpaired) electrons. The quantitative estimate of drug-likeness (QED) is 0.280. The van der Waals surface area contributed by atoms with Crippen molar-refractivity contribution in [3.05, 3.63) is 100 Å². The summed E-state index contributed by atoms with van der Waals surface area (Å²) in [7, 11) is 1.48. The lowest BCUT2D eigenvalue weighted by molar-refractivity contribution is 0.0359. The van der Waals surface area contributed by atoms with Crippen molar-refractivity contribution in [3.63, 3.8) is 0 Å². The predicted molar refractivity (Wildman–Crippen MR) is 153 cm³/mol. The van der Waals surface area contributed by atoms with Crippen molar-refractivity contribution in [2.24, 2.45) is 0 Å². The molecule has 1 aliphatic rings. The van der Waals surface area contributed by atoms with E-state index in [1.165, 1.54) is 13.4 Å². The number of fused-ring (bicyclic) bond motifs is 1. The minimum Gasteiger partial charge on any atom is -0.496 e. The van der Waals surface area contributed by atoms with Gasteiger partial charge in [0.2, 0.25) is 0 Å². The maximum absolute atomic E-state index is 14.2. The predicted octanol–water partition coefficient (Wildman–Crippen LogP) is 5.87. The van der Waals surface area contributed by atoms with Crippen LogP contribution in [0.25, 0.3) is 0 Å². The Bertz CT molecular complexity index is 1510. The molecule has 2 heterocycles. The van der Waals surface area contributed by atoms with Crippen molar-refractivity contribution in [2.45, 2.75) is 32.0 Å². The zero-order valence-electron chi connectivity index (χ0n) is 21.7. The lowest BCUT2D eigenvalue weighted by Crippen LogP contribution is -2.42. The number of rotatable bonds is 8. The fraction of sp³-hybridized carbons (Fsp3) is 0.241. The molecule has 206 valence electrons. The van der Waals surface area contributed by atoms with Gasteiger partial charge in [-0.1, -0.05) is 35.3 Å². The van der Waals surface area contributed by atoms with Gasteiger partial charge >= 0.3 is 0 Å². The first-order valence-electron chi connectivity index (χ1n) is 12.7. The van der Waals surface area contributed by atoms with Crippen LogP contribution in [0, 0.1) is 0 Å². The molecular formula is C29H27Cl2N5O4. The number of nitrogens with one attached hydrogen (secondary N) is 1. The van der Waals surface area contributed by atoms with Gasteiger partial charge in [0.1, 0.15) is 24.6 Å². The number of ether oxygens (including phenoxy) is 2. The number of hydrogen-bond acceptors (Lipinski definition) is 6. The third-order valence-corrected chi connectivity index (χ3v) is 7.18. The average molecular weight is 580 g/mol. The Morgan fingerprint density at radius 1 is 1.07 bits per heavy atom. The van der Waals surface area contributed by atoms with Crippen LogP contribution in [-0.2, 0) is 17.7 Å². The Morgan fingerprint density at radius 2 is 1.93 bits per heavy atom. The highest BCUT2D eigenvalue weighted by atomic mass is 35.5. The number of carbonyl (C=O) groups is 2. The first-order chi connectivity index (χ1) is 19.4. The van der Waals surface area contributed by atoms with E-state index in [9.17, 15) is 9.59 Å². The van der Waals surface area contributed by atoms with Crippen LogP contribution in [0.1, 0.15) is 39.1 Å². The van der Waals surface area contributed by atoms with Crippen LogP contribution in [0.3, 0.4) is 0 Å². The van der Waals surface area contributed by atoms with E-state index < -0.39 is 6.23 Å². The molecule has 1 unspecified atom stereocenters. The van der Waals surface area contributed by atoms with E-state index in [1.807, 2.05) is 12.1 Å². The number of halogens is 2. The van der Waals surface area contributed by atoms with Crippen LogP contribution >= 0.6 is 23.2 Å². The molecule has 0 aliphatic carbocycles. The van der Waals surface area contributed by atoms with E-state index in [1.54, 1.807) is 64.4 Å². The Hall–Kier alpha value is -3.92. The van der Waals surface area contributed by atoms with E-state index in [0.29, 0.717) is 52.2 Å². The van der Waals surface area contributed by atoms with Gasteiger partial charge in [0, 0.05) is 22.5 Å². The summed E-state index contributed by atoms with van der Waals surface area (Å²) in [6.07, 6.45) is 4.76. The minimum atomic E-state index is -0.525. The summed E-state index contributed by atoms with van der Waals surface area (Å²) < 4.78 is 13.5. The topological polar surface area (TPSA) is 98.6 Å². The van der Waals surface area contributed by atoms with Crippen LogP contribution < -0.4 is 15.0 Å². The number of benzene rings is 3. The van der Waals surface area contributed by atoms with Crippen molar-refractivity contribution >= 4 is 46.4 Å². The standard InChI is InChI=1S/C29H27Cl2N5O4/c1-39-26-16-21(34-28(37)22-6-2-3-7-24(22)31)10-11-23(26)29(38)36-25-12-9-20(30)15-19(25)5-4-8-27(36)40-14-13-35-18-32-17-33-35/h2-3,6-7,9-12,15-18,27H,4-5,8,13-14H2,1H3,(H,34,37). The van der Waals surface area contributed by atoms with Crippen molar-refractivity contribution in [3.8, 4) is 5.75 Å². The first-order valence-corrected chi connectivity index (χ1v) is 13.5. The van der Waals surface area contributed by atoms with Gasteiger partial charge in [0.25, 0.3) is 11.8 Å². The molecule has 0 saturated carbocycles. The molecule has 4 aromatic rings. The Kier molecular flexibility index (Phi) is 8.64. The molecule has 0 fully saturated rings. The molecule has 1 N–H and O–H groups in total. The summed E-state index contributed by atoms with van der Waals surface area (Å²) in [5.74, 6) is -0.356. The Balaban J connectivity index is 1.43. The van der Waals surface area contributed by atoms with Crippen LogP contribution in [-0.4, -0.2) is 46.5 Å². The van der Waals surface area contributed by atoms with Crippen LogP contribution in [0.4, 0.5) is 11.4 Å². The Morgan fingerprint density at radius 3 is 2.70 bits per heavy atom. The fourth-order valence-electron chi connectivity index (χ4n) is 4.69. The summed E-state index contributed by atoms with van der Waals surface area (Å²) in [6, 6.07) is 17.2. The molecular weight excluding hydrogens is 553 g/mol. The maximum Gasteiger partial charge on any atom is 0.264 e. The summed E-state index contributed by atoms with van der Waals surface area (Å²) in [5, 5.41) is 7.88. The molecule has 1 aliphatic heterocycles. The van der Waals surface area contributed by atoms with Gasteiger partial charge in [-0.3, -0.25) is 19.2 Å². The number of anilines is 2. The Labute approximate surface area is 241 Å². The highest BCUT2D eigenvalue weighted by Crippen LogP contribution is 2.35. The molecule has 0 bridgehead atoms. The number of methoxy groups -OCH3 is 1. The first kappa shape index (κ1) is 27.6. The molecule has 3 aromatic carbocycles. The third-order valence-electron chi connectivity index (χ3n) is 6.61. The summed E-state index contributed by atoms with van der Waals surface area (Å²) in [4.78, 5) is 32.6. The zero-order valence-corrected chi connectivity index (χ0v) is 23.2. The van der Waals surface area contributed by atoms with Crippen molar-refractivity contribution in [1.82, 2.24) is 14.8 Å². The zero-order chi connectivity index (χ0) is 28.1. The van der Waals surface area contributed by atoms with E-state index in [2.05, 4.69) is 15.4 Å². The van der Waals surface area contributed by atoms with E-state index in [-0.39, 0.29) is 11.8 Å². The van der Waals surface area contributed by atoms with Gasteiger partial charge in [-0.15, -0.1) is 0 Å². The van der Waals surface area contributed by atoms with Gasteiger partial charge in [-0.05, 0) is 67.3 Å². The SMILES string of the molecule is COc1cc(NC(=O)c2ccccc2Cl)ccc1C(=O)N1c2ccc(Cl)cc2CCCC1OCCn1cncn1. The average Bonchev–Trinajstić information content (AvgIpc) is 3.41. The summed E-state index contributed by atoms with van der Waals surface area (Å²) in [6.45, 7) is 0.833. The largest absolute Gasteiger partial charge is 0.496 e. The second kappa shape index (κ2) is 12.5. The number of aryl methyl sites for hydroxylation is 1. The normalized spacial score (nSPS) is 14.8. The van der Waals surface area contributed by atoms with Crippen molar-refractivity contribution in [1.29, 1.82) is 0 Å². The van der Waals surface area contributed by atoms with Gasteiger partial charge in [-0.2, -0.15) is 5.10 Å². The smallest absolute Gasteiger partial charge is 0.264 e. The molecule has 40 heavy (non-hydrogen) atoms. The number of nitrogens with zero attached hydrogens (tertiary/aromatic N) is 4. The maximum atomic E-state index is 14.2. The molecule has 1 atom stereocenters.